The minimum Gasteiger partial charge on any atom is -0.323 e. The standard InChI is InChI=1S/C14H13ClFNS/c15-13-7-6-10(16)8-12(13)14(17)9-18-11-4-2-1-3-5-11/h1-8,14H,9,17H2. The van der Waals surface area contributed by atoms with Crippen LogP contribution in [0, 0.1) is 5.82 Å². The van der Waals surface area contributed by atoms with Gasteiger partial charge in [0.05, 0.1) is 0 Å². The maximum atomic E-state index is 13.1. The molecule has 0 bridgehead atoms. The zero-order valence-corrected chi connectivity index (χ0v) is 11.2. The first kappa shape index (κ1) is 13.4. The van der Waals surface area contributed by atoms with Gasteiger partial charge in [-0.1, -0.05) is 29.8 Å². The molecule has 0 aliphatic rings. The molecular formula is C14H13ClFNS. The zero-order chi connectivity index (χ0) is 13.0. The number of thioether (sulfide) groups is 1. The van der Waals surface area contributed by atoms with Crippen molar-refractivity contribution in [1.82, 2.24) is 0 Å². The third kappa shape index (κ3) is 3.48. The van der Waals surface area contributed by atoms with E-state index in [-0.39, 0.29) is 11.9 Å². The van der Waals surface area contributed by atoms with Crippen molar-refractivity contribution in [3.8, 4) is 0 Å². The lowest BCUT2D eigenvalue weighted by molar-refractivity contribution is 0.623. The number of nitrogens with two attached hydrogens (primary N) is 1. The summed E-state index contributed by atoms with van der Waals surface area (Å²) in [5, 5.41) is 0.512. The average Bonchev–Trinajstić information content (AvgIpc) is 2.40. The maximum Gasteiger partial charge on any atom is 0.123 e. The van der Waals surface area contributed by atoms with Gasteiger partial charge in [-0.3, -0.25) is 0 Å². The normalized spacial score (nSPS) is 12.4. The number of hydrogen-bond acceptors (Lipinski definition) is 2. The second-order valence-electron chi connectivity index (χ2n) is 3.90. The minimum atomic E-state index is -0.311. The SMILES string of the molecule is NC(CSc1ccccc1)c1cc(F)ccc1Cl. The van der Waals surface area contributed by atoms with E-state index in [1.807, 2.05) is 30.3 Å². The highest BCUT2D eigenvalue weighted by Crippen LogP contribution is 2.27. The quantitative estimate of drug-likeness (QED) is 0.847. The lowest BCUT2D eigenvalue weighted by Crippen LogP contribution is -2.13. The Balaban J connectivity index is 2.03. The van der Waals surface area contributed by atoms with E-state index < -0.39 is 0 Å². The summed E-state index contributed by atoms with van der Waals surface area (Å²) < 4.78 is 13.1. The summed E-state index contributed by atoms with van der Waals surface area (Å²) in [6.45, 7) is 0. The van der Waals surface area contributed by atoms with Gasteiger partial charge in [-0.05, 0) is 35.9 Å². The van der Waals surface area contributed by atoms with Crippen LogP contribution in [-0.4, -0.2) is 5.75 Å². The second-order valence-corrected chi connectivity index (χ2v) is 5.40. The molecule has 2 N–H and O–H groups in total. The lowest BCUT2D eigenvalue weighted by atomic mass is 10.1. The third-order valence-electron chi connectivity index (χ3n) is 2.53. The van der Waals surface area contributed by atoms with Gasteiger partial charge in [-0.2, -0.15) is 0 Å². The van der Waals surface area contributed by atoms with Crippen LogP contribution in [0.3, 0.4) is 0 Å². The molecule has 2 rings (SSSR count). The van der Waals surface area contributed by atoms with Crippen LogP contribution in [0.1, 0.15) is 11.6 Å². The van der Waals surface area contributed by atoms with Crippen LogP contribution >= 0.6 is 23.4 Å². The molecule has 1 atom stereocenters. The largest absolute Gasteiger partial charge is 0.323 e. The summed E-state index contributed by atoms with van der Waals surface area (Å²) in [5.41, 5.74) is 6.69. The molecular weight excluding hydrogens is 269 g/mol. The summed E-state index contributed by atoms with van der Waals surface area (Å²) >= 11 is 7.65. The predicted octanol–water partition coefficient (Wildman–Crippen LogP) is 4.27. The molecule has 0 saturated carbocycles. The molecule has 1 nitrogen and oxygen atoms in total. The molecule has 0 spiro atoms. The van der Waals surface area contributed by atoms with Gasteiger partial charge in [0.2, 0.25) is 0 Å². The van der Waals surface area contributed by atoms with Crippen LogP contribution in [0.2, 0.25) is 5.02 Å². The van der Waals surface area contributed by atoms with Crippen molar-refractivity contribution in [3.63, 3.8) is 0 Å². The molecule has 0 radical (unpaired) electrons. The first-order valence-corrected chi connectivity index (χ1v) is 6.91. The first-order chi connectivity index (χ1) is 8.66. The molecule has 4 heteroatoms. The molecule has 0 aromatic heterocycles. The van der Waals surface area contributed by atoms with Crippen molar-refractivity contribution in [3.05, 3.63) is 64.9 Å². The van der Waals surface area contributed by atoms with E-state index in [2.05, 4.69) is 0 Å². The van der Waals surface area contributed by atoms with E-state index in [1.165, 1.54) is 12.1 Å². The van der Waals surface area contributed by atoms with E-state index in [4.69, 9.17) is 17.3 Å². The van der Waals surface area contributed by atoms with E-state index in [9.17, 15) is 4.39 Å². The van der Waals surface area contributed by atoms with Crippen molar-refractivity contribution < 1.29 is 4.39 Å². The van der Waals surface area contributed by atoms with Gasteiger partial charge < -0.3 is 5.73 Å². The molecule has 94 valence electrons. The van der Waals surface area contributed by atoms with Crippen LogP contribution in [0.25, 0.3) is 0 Å². The van der Waals surface area contributed by atoms with E-state index >= 15 is 0 Å². The fourth-order valence-corrected chi connectivity index (χ4v) is 2.75. The Hall–Kier alpha value is -1.03. The van der Waals surface area contributed by atoms with Crippen molar-refractivity contribution in [2.24, 2.45) is 5.73 Å². The summed E-state index contributed by atoms with van der Waals surface area (Å²) in [5.74, 6) is 0.349. The molecule has 0 aliphatic heterocycles. The van der Waals surface area contributed by atoms with Gasteiger partial charge in [0.25, 0.3) is 0 Å². The average molecular weight is 282 g/mol. The van der Waals surface area contributed by atoms with Gasteiger partial charge >= 0.3 is 0 Å². The maximum absolute atomic E-state index is 13.1. The Morgan fingerprint density at radius 2 is 1.89 bits per heavy atom. The van der Waals surface area contributed by atoms with Gasteiger partial charge in [-0.15, -0.1) is 11.8 Å². The van der Waals surface area contributed by atoms with Gasteiger partial charge in [0.15, 0.2) is 0 Å². The fraction of sp³-hybridized carbons (Fsp3) is 0.143. The molecule has 2 aromatic carbocycles. The Morgan fingerprint density at radius 3 is 2.61 bits per heavy atom. The van der Waals surface area contributed by atoms with Crippen LogP contribution in [0.15, 0.2) is 53.4 Å². The first-order valence-electron chi connectivity index (χ1n) is 5.55. The number of hydrogen-bond donors (Lipinski definition) is 1. The molecule has 0 fully saturated rings. The van der Waals surface area contributed by atoms with Crippen molar-refractivity contribution in [1.29, 1.82) is 0 Å². The van der Waals surface area contributed by atoms with Crippen LogP contribution in [-0.2, 0) is 0 Å². The zero-order valence-electron chi connectivity index (χ0n) is 9.64. The number of benzene rings is 2. The lowest BCUT2D eigenvalue weighted by Gasteiger charge is -2.13. The minimum absolute atomic E-state index is 0.279. The predicted molar refractivity (Wildman–Crippen MR) is 75.5 cm³/mol. The summed E-state index contributed by atoms with van der Waals surface area (Å²) in [7, 11) is 0. The number of halogens is 2. The molecule has 2 aromatic rings. The highest BCUT2D eigenvalue weighted by molar-refractivity contribution is 7.99. The summed E-state index contributed by atoms with van der Waals surface area (Å²) in [6, 6.07) is 14.0. The van der Waals surface area contributed by atoms with Gasteiger partial charge in [0.1, 0.15) is 5.82 Å². The van der Waals surface area contributed by atoms with Crippen LogP contribution in [0.4, 0.5) is 4.39 Å². The van der Waals surface area contributed by atoms with Crippen LogP contribution in [0.5, 0.6) is 0 Å². The van der Waals surface area contributed by atoms with Crippen molar-refractivity contribution >= 4 is 23.4 Å². The molecule has 0 aliphatic carbocycles. The molecule has 0 heterocycles. The Labute approximate surface area is 115 Å². The second kappa shape index (κ2) is 6.23. The Kier molecular flexibility index (Phi) is 4.64. The topological polar surface area (TPSA) is 26.0 Å². The summed E-state index contributed by atoms with van der Waals surface area (Å²) in [6.07, 6.45) is 0. The Bertz CT molecular complexity index is 518. The van der Waals surface area contributed by atoms with E-state index in [0.29, 0.717) is 16.3 Å². The molecule has 0 saturated heterocycles. The van der Waals surface area contributed by atoms with Crippen molar-refractivity contribution in [2.45, 2.75) is 10.9 Å². The van der Waals surface area contributed by atoms with E-state index in [0.717, 1.165) is 4.90 Å². The summed E-state index contributed by atoms with van der Waals surface area (Å²) in [4.78, 5) is 1.14. The number of rotatable bonds is 4. The van der Waals surface area contributed by atoms with Gasteiger partial charge in [0, 0.05) is 21.7 Å². The van der Waals surface area contributed by atoms with E-state index in [1.54, 1.807) is 17.8 Å². The molecule has 1 unspecified atom stereocenters. The monoisotopic (exact) mass is 281 g/mol. The highest BCUT2D eigenvalue weighted by atomic mass is 35.5. The highest BCUT2D eigenvalue weighted by Gasteiger charge is 2.11. The smallest absolute Gasteiger partial charge is 0.123 e. The fourth-order valence-electron chi connectivity index (χ4n) is 1.59. The van der Waals surface area contributed by atoms with Crippen molar-refractivity contribution in [2.75, 3.05) is 5.75 Å². The molecule has 0 amide bonds. The van der Waals surface area contributed by atoms with Gasteiger partial charge in [-0.25, -0.2) is 4.39 Å². The third-order valence-corrected chi connectivity index (χ3v) is 4.01. The molecule has 18 heavy (non-hydrogen) atoms. The van der Waals surface area contributed by atoms with Crippen LogP contribution < -0.4 is 5.73 Å². The Morgan fingerprint density at radius 1 is 1.17 bits per heavy atom.